The number of aliphatic hydroxyl groups excluding tert-OH is 2. The van der Waals surface area contributed by atoms with Crippen LogP contribution in [0.4, 0.5) is 0 Å². The fourth-order valence-electron chi connectivity index (χ4n) is 0.949. The average molecular weight is 189 g/mol. The van der Waals surface area contributed by atoms with Crippen LogP contribution in [0.2, 0.25) is 0 Å². The van der Waals surface area contributed by atoms with Gasteiger partial charge in [0.25, 0.3) is 0 Å². The number of rotatable bonds is 7. The second kappa shape index (κ2) is 8.01. The van der Waals surface area contributed by atoms with Crippen molar-refractivity contribution in [3.8, 4) is 0 Å². The Kier molecular flexibility index (Phi) is 7.63. The SMILES string of the molecule is CCC(=O)NCCCCC(O)CO. The Morgan fingerprint density at radius 1 is 1.46 bits per heavy atom. The van der Waals surface area contributed by atoms with Crippen molar-refractivity contribution in [3.05, 3.63) is 0 Å². The van der Waals surface area contributed by atoms with Crippen LogP contribution < -0.4 is 5.32 Å². The molecule has 0 bridgehead atoms. The third kappa shape index (κ3) is 7.74. The van der Waals surface area contributed by atoms with Crippen LogP contribution in [0.5, 0.6) is 0 Å². The van der Waals surface area contributed by atoms with Gasteiger partial charge in [-0.2, -0.15) is 0 Å². The van der Waals surface area contributed by atoms with E-state index in [-0.39, 0.29) is 12.5 Å². The Morgan fingerprint density at radius 2 is 2.15 bits per heavy atom. The second-order valence-electron chi connectivity index (χ2n) is 3.04. The summed E-state index contributed by atoms with van der Waals surface area (Å²) < 4.78 is 0. The second-order valence-corrected chi connectivity index (χ2v) is 3.04. The first-order valence-corrected chi connectivity index (χ1v) is 4.76. The molecule has 4 heteroatoms. The molecule has 0 radical (unpaired) electrons. The smallest absolute Gasteiger partial charge is 0.219 e. The average Bonchev–Trinajstić information content (AvgIpc) is 2.16. The fraction of sp³-hybridized carbons (Fsp3) is 0.889. The van der Waals surface area contributed by atoms with E-state index in [9.17, 15) is 4.79 Å². The monoisotopic (exact) mass is 189 g/mol. The maximum absolute atomic E-state index is 10.8. The molecule has 0 fully saturated rings. The van der Waals surface area contributed by atoms with Crippen LogP contribution in [-0.2, 0) is 4.79 Å². The van der Waals surface area contributed by atoms with E-state index < -0.39 is 6.10 Å². The summed E-state index contributed by atoms with van der Waals surface area (Å²) in [7, 11) is 0. The van der Waals surface area contributed by atoms with E-state index in [1.54, 1.807) is 0 Å². The lowest BCUT2D eigenvalue weighted by Gasteiger charge is -2.06. The Hall–Kier alpha value is -0.610. The van der Waals surface area contributed by atoms with E-state index in [0.29, 0.717) is 19.4 Å². The van der Waals surface area contributed by atoms with Gasteiger partial charge >= 0.3 is 0 Å². The lowest BCUT2D eigenvalue weighted by Crippen LogP contribution is -2.23. The van der Waals surface area contributed by atoms with Gasteiger partial charge in [-0.15, -0.1) is 0 Å². The Bertz CT molecular complexity index is 139. The van der Waals surface area contributed by atoms with Gasteiger partial charge in [0.05, 0.1) is 12.7 Å². The predicted octanol–water partition coefficient (Wildman–Crippen LogP) is 0.0361. The number of hydrogen-bond donors (Lipinski definition) is 3. The summed E-state index contributed by atoms with van der Waals surface area (Å²) in [5.74, 6) is 0.0581. The minimum absolute atomic E-state index is 0.0581. The van der Waals surface area contributed by atoms with Crippen LogP contribution >= 0.6 is 0 Å². The summed E-state index contributed by atoms with van der Waals surface area (Å²) in [5, 5.41) is 20.2. The highest BCUT2D eigenvalue weighted by molar-refractivity contribution is 5.75. The van der Waals surface area contributed by atoms with Gasteiger partial charge in [-0.25, -0.2) is 0 Å². The van der Waals surface area contributed by atoms with Crippen LogP contribution in [0.25, 0.3) is 0 Å². The van der Waals surface area contributed by atoms with Crippen molar-refractivity contribution in [2.45, 2.75) is 38.7 Å². The van der Waals surface area contributed by atoms with E-state index in [1.807, 2.05) is 6.92 Å². The van der Waals surface area contributed by atoms with Crippen molar-refractivity contribution in [2.24, 2.45) is 0 Å². The summed E-state index contributed by atoms with van der Waals surface area (Å²) >= 11 is 0. The van der Waals surface area contributed by atoms with E-state index in [4.69, 9.17) is 10.2 Å². The zero-order valence-electron chi connectivity index (χ0n) is 8.12. The molecule has 3 N–H and O–H groups in total. The van der Waals surface area contributed by atoms with Crippen molar-refractivity contribution in [1.29, 1.82) is 0 Å². The molecule has 0 aromatic carbocycles. The molecule has 4 nitrogen and oxygen atoms in total. The van der Waals surface area contributed by atoms with Gasteiger partial charge in [0.1, 0.15) is 0 Å². The molecule has 0 saturated carbocycles. The molecule has 1 unspecified atom stereocenters. The van der Waals surface area contributed by atoms with Gasteiger partial charge in [-0.3, -0.25) is 4.79 Å². The van der Waals surface area contributed by atoms with Crippen LogP contribution in [-0.4, -0.2) is 35.4 Å². The molecular formula is C9H19NO3. The zero-order chi connectivity index (χ0) is 10.1. The highest BCUT2D eigenvalue weighted by Crippen LogP contribution is 1.98. The molecule has 1 amide bonds. The number of nitrogens with one attached hydrogen (secondary N) is 1. The molecule has 0 saturated heterocycles. The molecule has 0 aromatic heterocycles. The summed E-state index contributed by atoms with van der Waals surface area (Å²) in [6.45, 7) is 2.29. The molecule has 13 heavy (non-hydrogen) atoms. The van der Waals surface area contributed by atoms with Gasteiger partial charge in [0.15, 0.2) is 0 Å². The third-order valence-electron chi connectivity index (χ3n) is 1.82. The number of carbonyl (C=O) groups excluding carboxylic acids is 1. The number of aliphatic hydroxyl groups is 2. The summed E-state index contributed by atoms with van der Waals surface area (Å²) in [5.41, 5.74) is 0. The first-order chi connectivity index (χ1) is 6.20. The normalized spacial score (nSPS) is 12.5. The third-order valence-corrected chi connectivity index (χ3v) is 1.82. The number of carbonyl (C=O) groups is 1. The van der Waals surface area contributed by atoms with E-state index >= 15 is 0 Å². The molecule has 0 rings (SSSR count). The summed E-state index contributed by atoms with van der Waals surface area (Å²) in [6, 6.07) is 0. The fourth-order valence-corrected chi connectivity index (χ4v) is 0.949. The van der Waals surface area contributed by atoms with Gasteiger partial charge in [0.2, 0.25) is 5.91 Å². The molecular weight excluding hydrogens is 170 g/mol. The summed E-state index contributed by atoms with van der Waals surface area (Å²) in [6.07, 6.45) is 2.17. The van der Waals surface area contributed by atoms with Crippen molar-refractivity contribution in [2.75, 3.05) is 13.2 Å². The van der Waals surface area contributed by atoms with Gasteiger partial charge < -0.3 is 15.5 Å². The molecule has 0 spiro atoms. The van der Waals surface area contributed by atoms with Crippen LogP contribution in [0.15, 0.2) is 0 Å². The van der Waals surface area contributed by atoms with Crippen LogP contribution in [0.1, 0.15) is 32.6 Å². The molecule has 0 aliphatic carbocycles. The standard InChI is InChI=1S/C9H19NO3/c1-2-9(13)10-6-4-3-5-8(12)7-11/h8,11-12H,2-7H2,1H3,(H,10,13). The highest BCUT2D eigenvalue weighted by Gasteiger charge is 2.01. The lowest BCUT2D eigenvalue weighted by atomic mass is 10.1. The first-order valence-electron chi connectivity index (χ1n) is 4.76. The van der Waals surface area contributed by atoms with Gasteiger partial charge in [0, 0.05) is 13.0 Å². The van der Waals surface area contributed by atoms with E-state index in [1.165, 1.54) is 0 Å². The number of unbranched alkanes of at least 4 members (excludes halogenated alkanes) is 1. The molecule has 0 aliphatic heterocycles. The Morgan fingerprint density at radius 3 is 2.69 bits per heavy atom. The maximum Gasteiger partial charge on any atom is 0.219 e. The maximum atomic E-state index is 10.8. The lowest BCUT2D eigenvalue weighted by molar-refractivity contribution is -0.120. The van der Waals surface area contributed by atoms with Crippen molar-refractivity contribution >= 4 is 5.91 Å². The van der Waals surface area contributed by atoms with Crippen molar-refractivity contribution < 1.29 is 15.0 Å². The number of amides is 1. The minimum Gasteiger partial charge on any atom is -0.394 e. The van der Waals surface area contributed by atoms with Crippen molar-refractivity contribution in [3.63, 3.8) is 0 Å². The van der Waals surface area contributed by atoms with Crippen molar-refractivity contribution in [1.82, 2.24) is 5.32 Å². The van der Waals surface area contributed by atoms with Gasteiger partial charge in [-0.05, 0) is 19.3 Å². The van der Waals surface area contributed by atoms with Crippen LogP contribution in [0, 0.1) is 0 Å². The predicted molar refractivity (Wildman–Crippen MR) is 50.2 cm³/mol. The molecule has 78 valence electrons. The first kappa shape index (κ1) is 12.4. The Labute approximate surface area is 79.0 Å². The highest BCUT2D eigenvalue weighted by atomic mass is 16.3. The summed E-state index contributed by atoms with van der Waals surface area (Å²) in [4.78, 5) is 10.8. The van der Waals surface area contributed by atoms with Gasteiger partial charge in [-0.1, -0.05) is 6.92 Å². The molecule has 0 aromatic rings. The van der Waals surface area contributed by atoms with E-state index in [0.717, 1.165) is 12.8 Å². The molecule has 0 aliphatic rings. The Balaban J connectivity index is 3.12. The topological polar surface area (TPSA) is 69.6 Å². The van der Waals surface area contributed by atoms with Crippen LogP contribution in [0.3, 0.4) is 0 Å². The zero-order valence-corrected chi connectivity index (χ0v) is 8.12. The minimum atomic E-state index is -0.609. The number of hydrogen-bond acceptors (Lipinski definition) is 3. The molecule has 0 heterocycles. The van der Waals surface area contributed by atoms with E-state index in [2.05, 4.69) is 5.32 Å². The largest absolute Gasteiger partial charge is 0.394 e. The quantitative estimate of drug-likeness (QED) is 0.495. The molecule has 1 atom stereocenters.